The maximum atomic E-state index is 12.0. The molecule has 1 aliphatic rings. The summed E-state index contributed by atoms with van der Waals surface area (Å²) in [6.07, 6.45) is 13.8. The van der Waals surface area contributed by atoms with Crippen LogP contribution in [0.15, 0.2) is 34.6 Å². The third-order valence-electron chi connectivity index (χ3n) is 5.76. The number of carbonyl (C=O) groups is 2. The van der Waals surface area contributed by atoms with Crippen LogP contribution in [0.4, 0.5) is 0 Å². The van der Waals surface area contributed by atoms with Gasteiger partial charge in [-0.2, -0.15) is 0 Å². The standard InChI is InChI=1S/C25H42N2O3/c1-20(2)23(15-16-24-12-10-17-26-21(24)3)13-11-19-27(22(4)28)18-9-7-5-6-8-14-25(29)30/h15-16,26H,5-14,17-19H2,1-4H3,(H,29,30)/b16-15-. The van der Waals surface area contributed by atoms with Crippen molar-refractivity contribution in [2.45, 2.75) is 91.9 Å². The lowest BCUT2D eigenvalue weighted by Gasteiger charge is -2.21. The van der Waals surface area contributed by atoms with Gasteiger partial charge in [0, 0.05) is 38.7 Å². The van der Waals surface area contributed by atoms with Gasteiger partial charge in [0.25, 0.3) is 0 Å². The molecule has 0 aromatic rings. The maximum Gasteiger partial charge on any atom is 0.303 e. The monoisotopic (exact) mass is 418 g/mol. The highest BCUT2D eigenvalue weighted by atomic mass is 16.4. The zero-order valence-corrected chi connectivity index (χ0v) is 19.6. The van der Waals surface area contributed by atoms with Gasteiger partial charge in [-0.15, -0.1) is 0 Å². The van der Waals surface area contributed by atoms with E-state index in [2.05, 4.69) is 38.2 Å². The number of hydrogen-bond acceptors (Lipinski definition) is 3. The summed E-state index contributed by atoms with van der Waals surface area (Å²) in [5.74, 6) is -0.574. The fourth-order valence-electron chi connectivity index (χ4n) is 3.76. The van der Waals surface area contributed by atoms with E-state index in [1.165, 1.54) is 28.8 Å². The first-order chi connectivity index (χ1) is 14.3. The van der Waals surface area contributed by atoms with E-state index in [4.69, 9.17) is 5.11 Å². The van der Waals surface area contributed by atoms with E-state index in [-0.39, 0.29) is 12.3 Å². The van der Waals surface area contributed by atoms with Gasteiger partial charge in [-0.3, -0.25) is 9.59 Å². The highest BCUT2D eigenvalue weighted by Gasteiger charge is 2.09. The molecule has 1 heterocycles. The molecule has 0 atom stereocenters. The fraction of sp³-hybridized carbons (Fsp3) is 0.680. The molecule has 0 aromatic carbocycles. The lowest BCUT2D eigenvalue weighted by molar-refractivity contribution is -0.137. The average molecular weight is 419 g/mol. The summed E-state index contributed by atoms with van der Waals surface area (Å²) >= 11 is 0. The van der Waals surface area contributed by atoms with E-state index in [0.717, 1.165) is 71.0 Å². The molecule has 5 nitrogen and oxygen atoms in total. The highest BCUT2D eigenvalue weighted by molar-refractivity contribution is 5.73. The van der Waals surface area contributed by atoms with E-state index >= 15 is 0 Å². The van der Waals surface area contributed by atoms with Crippen molar-refractivity contribution in [2.75, 3.05) is 19.6 Å². The predicted molar refractivity (Wildman–Crippen MR) is 124 cm³/mol. The second-order valence-electron chi connectivity index (χ2n) is 8.56. The van der Waals surface area contributed by atoms with Crippen LogP contribution in [0.3, 0.4) is 0 Å². The fourth-order valence-corrected chi connectivity index (χ4v) is 3.76. The number of allylic oxidation sites excluding steroid dienone is 6. The number of nitrogens with one attached hydrogen (secondary N) is 1. The van der Waals surface area contributed by atoms with E-state index in [1.807, 2.05) is 4.90 Å². The van der Waals surface area contributed by atoms with Crippen LogP contribution in [0.1, 0.15) is 91.9 Å². The Labute approximate surface area is 183 Å². The van der Waals surface area contributed by atoms with E-state index in [9.17, 15) is 9.59 Å². The zero-order valence-electron chi connectivity index (χ0n) is 19.6. The molecule has 0 bridgehead atoms. The third kappa shape index (κ3) is 11.2. The van der Waals surface area contributed by atoms with Gasteiger partial charge in [-0.25, -0.2) is 0 Å². The van der Waals surface area contributed by atoms with Gasteiger partial charge in [0.2, 0.25) is 5.91 Å². The SMILES string of the molecule is CC(=O)N(CCCCCCCC(=O)O)CCCC(/C=C\C1=C(C)NCCC1)=C(C)C. The Kier molecular flexibility index (Phi) is 12.9. The molecule has 0 aromatic heterocycles. The van der Waals surface area contributed by atoms with Crippen molar-refractivity contribution in [3.8, 4) is 0 Å². The molecule has 0 aliphatic carbocycles. The number of carbonyl (C=O) groups excluding carboxylic acids is 1. The maximum absolute atomic E-state index is 12.0. The van der Waals surface area contributed by atoms with Crippen LogP contribution in [0, 0.1) is 0 Å². The number of aliphatic carboxylic acids is 1. The van der Waals surface area contributed by atoms with Gasteiger partial charge < -0.3 is 15.3 Å². The van der Waals surface area contributed by atoms with Crippen molar-refractivity contribution >= 4 is 11.9 Å². The van der Waals surface area contributed by atoms with Crippen LogP contribution in [-0.2, 0) is 9.59 Å². The number of hydrogen-bond donors (Lipinski definition) is 2. The zero-order chi connectivity index (χ0) is 22.4. The van der Waals surface area contributed by atoms with Crippen LogP contribution >= 0.6 is 0 Å². The minimum atomic E-state index is -0.717. The molecule has 2 N–H and O–H groups in total. The van der Waals surface area contributed by atoms with Gasteiger partial charge in [0.15, 0.2) is 0 Å². The van der Waals surface area contributed by atoms with Crippen molar-refractivity contribution < 1.29 is 14.7 Å². The van der Waals surface area contributed by atoms with Crippen LogP contribution in [0.2, 0.25) is 0 Å². The highest BCUT2D eigenvalue weighted by Crippen LogP contribution is 2.19. The quantitative estimate of drug-likeness (QED) is 0.285. The summed E-state index contributed by atoms with van der Waals surface area (Å²) in [5, 5.41) is 12.1. The first-order valence-corrected chi connectivity index (χ1v) is 11.6. The summed E-state index contributed by atoms with van der Waals surface area (Å²) < 4.78 is 0. The molecule has 0 fully saturated rings. The van der Waals surface area contributed by atoms with E-state index in [1.54, 1.807) is 6.92 Å². The number of amides is 1. The number of unbranched alkanes of at least 4 members (excludes halogenated alkanes) is 4. The summed E-state index contributed by atoms with van der Waals surface area (Å²) in [5.41, 5.74) is 5.39. The third-order valence-corrected chi connectivity index (χ3v) is 5.76. The van der Waals surface area contributed by atoms with Crippen molar-refractivity contribution in [3.63, 3.8) is 0 Å². The average Bonchev–Trinajstić information content (AvgIpc) is 2.68. The summed E-state index contributed by atoms with van der Waals surface area (Å²) in [7, 11) is 0. The molecule has 0 unspecified atom stereocenters. The predicted octanol–water partition coefficient (Wildman–Crippen LogP) is 5.59. The lowest BCUT2D eigenvalue weighted by atomic mass is 9.99. The minimum Gasteiger partial charge on any atom is -0.481 e. The van der Waals surface area contributed by atoms with Gasteiger partial charge in [0.05, 0.1) is 0 Å². The lowest BCUT2D eigenvalue weighted by Crippen LogP contribution is -2.30. The molecule has 1 amide bonds. The molecule has 5 heteroatoms. The Hall–Kier alpha value is -2.04. The van der Waals surface area contributed by atoms with Crippen LogP contribution in [-0.4, -0.2) is 41.5 Å². The van der Waals surface area contributed by atoms with Crippen LogP contribution in [0.5, 0.6) is 0 Å². The van der Waals surface area contributed by atoms with Gasteiger partial charge >= 0.3 is 5.97 Å². The second-order valence-corrected chi connectivity index (χ2v) is 8.56. The topological polar surface area (TPSA) is 69.6 Å². The van der Waals surface area contributed by atoms with Gasteiger partial charge in [0.1, 0.15) is 0 Å². The molecule has 0 saturated heterocycles. The first kappa shape index (κ1) is 26.0. The van der Waals surface area contributed by atoms with Crippen molar-refractivity contribution in [1.29, 1.82) is 0 Å². The van der Waals surface area contributed by atoms with E-state index < -0.39 is 5.97 Å². The van der Waals surface area contributed by atoms with Gasteiger partial charge in [-0.05, 0) is 70.4 Å². The molecule has 1 rings (SSSR count). The Morgan fingerprint density at radius 3 is 2.30 bits per heavy atom. The molecule has 0 saturated carbocycles. The summed E-state index contributed by atoms with van der Waals surface area (Å²) in [4.78, 5) is 24.5. The van der Waals surface area contributed by atoms with Crippen molar-refractivity contribution in [1.82, 2.24) is 10.2 Å². The summed E-state index contributed by atoms with van der Waals surface area (Å²) in [6, 6.07) is 0. The van der Waals surface area contributed by atoms with E-state index in [0.29, 0.717) is 0 Å². The number of carboxylic acids is 1. The minimum absolute atomic E-state index is 0.143. The van der Waals surface area contributed by atoms with Crippen LogP contribution in [0.25, 0.3) is 0 Å². The molecule has 0 radical (unpaired) electrons. The molecular formula is C25H42N2O3. The van der Waals surface area contributed by atoms with Crippen molar-refractivity contribution in [3.05, 3.63) is 34.6 Å². The van der Waals surface area contributed by atoms with Crippen LogP contribution < -0.4 is 5.32 Å². The Bertz CT molecular complexity index is 643. The number of nitrogens with zero attached hydrogens (tertiary/aromatic N) is 1. The second kappa shape index (κ2) is 14.9. The number of rotatable bonds is 14. The molecule has 170 valence electrons. The Balaban J connectivity index is 2.39. The molecular weight excluding hydrogens is 376 g/mol. The first-order valence-electron chi connectivity index (χ1n) is 11.6. The Morgan fingerprint density at radius 1 is 1.00 bits per heavy atom. The normalized spacial score (nSPS) is 14.0. The largest absolute Gasteiger partial charge is 0.481 e. The molecule has 0 spiro atoms. The Morgan fingerprint density at radius 2 is 1.67 bits per heavy atom. The van der Waals surface area contributed by atoms with Gasteiger partial charge in [-0.1, -0.05) is 37.0 Å². The van der Waals surface area contributed by atoms with Crippen molar-refractivity contribution in [2.24, 2.45) is 0 Å². The number of carboxylic acid groups (broad SMARTS) is 1. The molecule has 1 aliphatic heterocycles. The smallest absolute Gasteiger partial charge is 0.303 e. The summed E-state index contributed by atoms with van der Waals surface area (Å²) in [6.45, 7) is 10.8. The molecule has 30 heavy (non-hydrogen) atoms.